The maximum atomic E-state index is 3.61. The molecule has 0 radical (unpaired) electrons. The fourth-order valence-electron chi connectivity index (χ4n) is 0.316. The Bertz CT molecular complexity index is 116. The molecule has 0 fully saturated rings. The van der Waals surface area contributed by atoms with Crippen molar-refractivity contribution in [2.24, 2.45) is 0 Å². The van der Waals surface area contributed by atoms with Gasteiger partial charge in [-0.25, -0.2) is 0 Å². The van der Waals surface area contributed by atoms with Crippen molar-refractivity contribution in [3.8, 4) is 0 Å². The lowest BCUT2D eigenvalue weighted by molar-refractivity contribution is 1.50. The monoisotopic (exact) mass is 138 g/mol. The Labute approximate surface area is 65.0 Å². The SMILES string of the molecule is C=C/C(C)=C\C=C/C.CC. The summed E-state index contributed by atoms with van der Waals surface area (Å²) < 4.78 is 0. The van der Waals surface area contributed by atoms with Crippen molar-refractivity contribution in [2.45, 2.75) is 27.7 Å². The summed E-state index contributed by atoms with van der Waals surface area (Å²) in [6, 6.07) is 0. The molecule has 0 bridgehead atoms. The molecule has 0 N–H and O–H groups in total. The molecule has 10 heavy (non-hydrogen) atoms. The third-order valence-electron chi connectivity index (χ3n) is 0.874. The van der Waals surface area contributed by atoms with Gasteiger partial charge in [0.1, 0.15) is 0 Å². The first-order chi connectivity index (χ1) is 4.81. The quantitative estimate of drug-likeness (QED) is 0.510. The van der Waals surface area contributed by atoms with E-state index in [4.69, 9.17) is 0 Å². The van der Waals surface area contributed by atoms with Gasteiger partial charge in [0, 0.05) is 0 Å². The van der Waals surface area contributed by atoms with Crippen LogP contribution in [-0.4, -0.2) is 0 Å². The van der Waals surface area contributed by atoms with Crippen LogP contribution < -0.4 is 0 Å². The molecule has 0 aromatic heterocycles. The Hall–Kier alpha value is -0.780. The van der Waals surface area contributed by atoms with Crippen molar-refractivity contribution >= 4 is 0 Å². The number of hydrogen-bond donors (Lipinski definition) is 0. The lowest BCUT2D eigenvalue weighted by Crippen LogP contribution is -1.60. The summed E-state index contributed by atoms with van der Waals surface area (Å²) in [4.78, 5) is 0. The normalized spacial score (nSPS) is 10.6. The molecule has 0 aromatic rings. The molecule has 0 nitrogen and oxygen atoms in total. The Morgan fingerprint density at radius 2 is 1.80 bits per heavy atom. The largest absolute Gasteiger partial charge is 0.0988 e. The van der Waals surface area contributed by atoms with Gasteiger partial charge in [0.2, 0.25) is 0 Å². The van der Waals surface area contributed by atoms with Gasteiger partial charge in [-0.1, -0.05) is 50.3 Å². The lowest BCUT2D eigenvalue weighted by Gasteiger charge is -1.81. The van der Waals surface area contributed by atoms with Crippen LogP contribution in [0.1, 0.15) is 27.7 Å². The van der Waals surface area contributed by atoms with Crippen molar-refractivity contribution in [3.05, 3.63) is 36.5 Å². The van der Waals surface area contributed by atoms with Crippen molar-refractivity contribution in [1.29, 1.82) is 0 Å². The maximum Gasteiger partial charge on any atom is -0.0398 e. The molecule has 0 heteroatoms. The smallest absolute Gasteiger partial charge is 0.0398 e. The third kappa shape index (κ3) is 10.3. The highest BCUT2D eigenvalue weighted by molar-refractivity contribution is 5.18. The van der Waals surface area contributed by atoms with Crippen LogP contribution >= 0.6 is 0 Å². The average Bonchev–Trinajstić information content (AvgIpc) is 2.04. The molecule has 0 rings (SSSR count). The van der Waals surface area contributed by atoms with Crippen LogP contribution in [0.3, 0.4) is 0 Å². The van der Waals surface area contributed by atoms with Crippen LogP contribution in [0.5, 0.6) is 0 Å². The van der Waals surface area contributed by atoms with Gasteiger partial charge in [-0.05, 0) is 13.8 Å². The summed E-state index contributed by atoms with van der Waals surface area (Å²) in [6.07, 6.45) is 7.84. The summed E-state index contributed by atoms with van der Waals surface area (Å²) in [5.74, 6) is 0. The zero-order valence-corrected chi connectivity index (χ0v) is 7.52. The molecule has 0 aromatic carbocycles. The van der Waals surface area contributed by atoms with Gasteiger partial charge in [-0.2, -0.15) is 0 Å². The topological polar surface area (TPSA) is 0 Å². The molecular formula is C10H18. The minimum Gasteiger partial charge on any atom is -0.0988 e. The predicted octanol–water partition coefficient (Wildman–Crippen LogP) is 3.72. The molecule has 0 saturated carbocycles. The summed E-state index contributed by atoms with van der Waals surface area (Å²) >= 11 is 0. The Morgan fingerprint density at radius 3 is 2.10 bits per heavy atom. The minimum absolute atomic E-state index is 1.20. The average molecular weight is 138 g/mol. The van der Waals surface area contributed by atoms with E-state index in [2.05, 4.69) is 6.58 Å². The van der Waals surface area contributed by atoms with E-state index < -0.39 is 0 Å². The maximum absolute atomic E-state index is 3.61. The van der Waals surface area contributed by atoms with Gasteiger partial charge < -0.3 is 0 Å². The van der Waals surface area contributed by atoms with Crippen LogP contribution in [0.4, 0.5) is 0 Å². The second-order valence-electron chi connectivity index (χ2n) is 1.64. The van der Waals surface area contributed by atoms with E-state index in [0.29, 0.717) is 0 Å². The first-order valence-electron chi connectivity index (χ1n) is 3.73. The van der Waals surface area contributed by atoms with Gasteiger partial charge in [0.15, 0.2) is 0 Å². The fourth-order valence-corrected chi connectivity index (χ4v) is 0.316. The van der Waals surface area contributed by atoms with Crippen molar-refractivity contribution < 1.29 is 0 Å². The highest BCUT2D eigenvalue weighted by atomic mass is 13.8. The molecule has 0 atom stereocenters. The minimum atomic E-state index is 1.20. The Balaban J connectivity index is 0. The highest BCUT2D eigenvalue weighted by Crippen LogP contribution is 1.91. The van der Waals surface area contributed by atoms with Gasteiger partial charge in [0.05, 0.1) is 0 Å². The molecule has 0 saturated heterocycles. The van der Waals surface area contributed by atoms with Gasteiger partial charge >= 0.3 is 0 Å². The van der Waals surface area contributed by atoms with Crippen molar-refractivity contribution in [1.82, 2.24) is 0 Å². The van der Waals surface area contributed by atoms with Crippen molar-refractivity contribution in [3.63, 3.8) is 0 Å². The first kappa shape index (κ1) is 12.0. The number of hydrogen-bond acceptors (Lipinski definition) is 0. The third-order valence-corrected chi connectivity index (χ3v) is 0.874. The molecule has 0 amide bonds. The summed E-state index contributed by atoms with van der Waals surface area (Å²) in [7, 11) is 0. The van der Waals surface area contributed by atoms with E-state index in [9.17, 15) is 0 Å². The Kier molecular flexibility index (Phi) is 13.2. The molecular weight excluding hydrogens is 120 g/mol. The number of rotatable bonds is 2. The van der Waals surface area contributed by atoms with Gasteiger partial charge in [-0.15, -0.1) is 0 Å². The zero-order chi connectivity index (χ0) is 8.41. The second kappa shape index (κ2) is 11.1. The molecule has 58 valence electrons. The van der Waals surface area contributed by atoms with E-state index >= 15 is 0 Å². The molecule has 0 spiro atoms. The zero-order valence-electron chi connectivity index (χ0n) is 7.52. The molecule has 0 aliphatic rings. The summed E-state index contributed by atoms with van der Waals surface area (Å²) in [5.41, 5.74) is 1.20. The van der Waals surface area contributed by atoms with E-state index in [1.54, 1.807) is 0 Å². The van der Waals surface area contributed by atoms with Gasteiger partial charge in [-0.3, -0.25) is 0 Å². The van der Waals surface area contributed by atoms with Gasteiger partial charge in [0.25, 0.3) is 0 Å². The van der Waals surface area contributed by atoms with Crippen LogP contribution in [0.2, 0.25) is 0 Å². The fraction of sp³-hybridized carbons (Fsp3) is 0.400. The summed E-state index contributed by atoms with van der Waals surface area (Å²) in [5, 5.41) is 0. The van der Waals surface area contributed by atoms with Crippen LogP contribution in [0, 0.1) is 0 Å². The standard InChI is InChI=1S/C8H12.C2H6/c1-4-6-7-8(3)5-2;1-2/h4-7H,2H2,1,3H3;1-2H3/b6-4-,8-7-;. The molecule has 0 aliphatic carbocycles. The lowest BCUT2D eigenvalue weighted by atomic mass is 10.3. The van der Waals surface area contributed by atoms with E-state index in [0.717, 1.165) is 0 Å². The van der Waals surface area contributed by atoms with E-state index in [1.807, 2.05) is 52.0 Å². The first-order valence-corrected chi connectivity index (χ1v) is 3.73. The van der Waals surface area contributed by atoms with Crippen molar-refractivity contribution in [2.75, 3.05) is 0 Å². The molecule has 0 heterocycles. The molecule has 0 unspecified atom stereocenters. The van der Waals surface area contributed by atoms with Crippen LogP contribution in [-0.2, 0) is 0 Å². The predicted molar refractivity (Wildman–Crippen MR) is 50.1 cm³/mol. The Morgan fingerprint density at radius 1 is 1.30 bits per heavy atom. The number of allylic oxidation sites excluding steroid dienone is 5. The van der Waals surface area contributed by atoms with Crippen LogP contribution in [0.15, 0.2) is 36.5 Å². The highest BCUT2D eigenvalue weighted by Gasteiger charge is 1.70. The molecule has 0 aliphatic heterocycles. The van der Waals surface area contributed by atoms with E-state index in [1.165, 1.54) is 5.57 Å². The van der Waals surface area contributed by atoms with Crippen LogP contribution in [0.25, 0.3) is 0 Å². The van der Waals surface area contributed by atoms with E-state index in [-0.39, 0.29) is 0 Å². The second-order valence-corrected chi connectivity index (χ2v) is 1.64. The summed E-state index contributed by atoms with van der Waals surface area (Å²) in [6.45, 7) is 11.6.